The number of benzene rings is 3. The van der Waals surface area contributed by atoms with Gasteiger partial charge in [-0.15, -0.1) is 0 Å². The third-order valence-corrected chi connectivity index (χ3v) is 4.70. The highest BCUT2D eigenvalue weighted by Crippen LogP contribution is 2.25. The highest BCUT2D eigenvalue weighted by Gasteiger charge is 2.05. The van der Waals surface area contributed by atoms with E-state index >= 15 is 0 Å². The van der Waals surface area contributed by atoms with Crippen molar-refractivity contribution in [3.63, 3.8) is 0 Å². The zero-order valence-electron chi connectivity index (χ0n) is 17.9. The lowest BCUT2D eigenvalue weighted by molar-refractivity contribution is 0.0903. The number of Topliss-reactive ketones (excluding diaryl/α,β-unsaturated/α-hetero) is 1. The number of rotatable bonds is 11. The van der Waals surface area contributed by atoms with E-state index in [1.54, 1.807) is 48.5 Å². The monoisotopic (exact) mass is 447 g/mol. The number of hydrogen-bond acceptors (Lipinski definition) is 9. The molecule has 0 amide bonds. The molecule has 3 aromatic carbocycles. The molecule has 0 heterocycles. The molecule has 170 valence electrons. The quantitative estimate of drug-likeness (QED) is 0.295. The molecule has 3 rings (SSSR count). The molecule has 9 nitrogen and oxygen atoms in total. The van der Waals surface area contributed by atoms with Crippen LogP contribution in [-0.4, -0.2) is 54.0 Å². The summed E-state index contributed by atoms with van der Waals surface area (Å²) in [5.41, 5.74) is 3.88. The van der Waals surface area contributed by atoms with E-state index in [2.05, 4.69) is 20.5 Å². The van der Waals surface area contributed by atoms with Crippen molar-refractivity contribution in [2.24, 2.45) is 20.5 Å². The Morgan fingerprint density at radius 1 is 0.606 bits per heavy atom. The Morgan fingerprint density at radius 2 is 0.970 bits per heavy atom. The molecule has 0 saturated heterocycles. The van der Waals surface area contributed by atoms with E-state index in [0.29, 0.717) is 41.4 Å². The fraction of sp³-hybridized carbons (Fsp3) is 0.208. The number of carbonyl (C=O) groups is 1. The first-order valence-corrected chi connectivity index (χ1v) is 10.4. The minimum absolute atomic E-state index is 0.00887. The first kappa shape index (κ1) is 23.9. The van der Waals surface area contributed by atoms with E-state index in [1.807, 2.05) is 29.2 Å². The molecule has 0 bridgehead atoms. The predicted molar refractivity (Wildman–Crippen MR) is 125 cm³/mol. The van der Waals surface area contributed by atoms with Gasteiger partial charge in [0.1, 0.15) is 6.61 Å². The Labute approximate surface area is 191 Å². The molecule has 0 saturated carbocycles. The summed E-state index contributed by atoms with van der Waals surface area (Å²) in [6.45, 7) is 0.382. The number of ketones is 1. The molecule has 0 spiro atoms. The van der Waals surface area contributed by atoms with Crippen LogP contribution in [0.4, 0.5) is 28.4 Å². The van der Waals surface area contributed by atoms with Gasteiger partial charge in [-0.3, -0.25) is 4.79 Å². The fourth-order valence-electron chi connectivity index (χ4n) is 2.96. The summed E-state index contributed by atoms with van der Waals surface area (Å²) in [6, 6.07) is 21.0. The highest BCUT2D eigenvalue weighted by atomic mass is 16.3. The third kappa shape index (κ3) is 7.11. The lowest BCUT2D eigenvalue weighted by Crippen LogP contribution is -2.29. The molecule has 0 radical (unpaired) electrons. The van der Waals surface area contributed by atoms with Crippen LogP contribution in [0.3, 0.4) is 0 Å². The van der Waals surface area contributed by atoms with E-state index in [0.717, 1.165) is 5.69 Å². The van der Waals surface area contributed by atoms with Crippen LogP contribution < -0.4 is 4.90 Å². The number of hydrogen-bond donors (Lipinski definition) is 3. The SMILES string of the molecule is O=C(CO)c1ccc(N=Nc2ccc(N=Nc3ccc(N(CCO)CCO)cc3)cc2)cc1. The van der Waals surface area contributed by atoms with Crippen molar-refractivity contribution in [2.75, 3.05) is 37.8 Å². The predicted octanol–water partition coefficient (Wildman–Crippen LogP) is 4.48. The summed E-state index contributed by atoms with van der Waals surface area (Å²) in [4.78, 5) is 13.3. The Morgan fingerprint density at radius 3 is 1.33 bits per heavy atom. The topological polar surface area (TPSA) is 130 Å². The standard InChI is InChI=1S/C24H25N5O4/c30-15-13-29(14-16-31)23-11-9-22(10-12-23)28-27-21-7-5-20(6-8-21)26-25-19-3-1-18(2-4-19)24(33)17-32/h1-12,30-32H,13-17H2. The largest absolute Gasteiger partial charge is 0.395 e. The van der Waals surface area contributed by atoms with Crippen LogP contribution in [0.2, 0.25) is 0 Å². The molecule has 9 heteroatoms. The molecule has 33 heavy (non-hydrogen) atoms. The fourth-order valence-corrected chi connectivity index (χ4v) is 2.96. The molecule has 3 aromatic rings. The van der Waals surface area contributed by atoms with Crippen molar-refractivity contribution in [2.45, 2.75) is 0 Å². The smallest absolute Gasteiger partial charge is 0.188 e. The molecule has 0 aromatic heterocycles. The minimum Gasteiger partial charge on any atom is -0.395 e. The Hall–Kier alpha value is -3.79. The van der Waals surface area contributed by atoms with Gasteiger partial charge in [0.05, 0.1) is 36.0 Å². The lowest BCUT2D eigenvalue weighted by atomic mass is 10.1. The second-order valence-electron chi connectivity index (χ2n) is 7.00. The summed E-state index contributed by atoms with van der Waals surface area (Å²) in [7, 11) is 0. The van der Waals surface area contributed by atoms with Crippen molar-refractivity contribution in [1.82, 2.24) is 0 Å². The molecule has 3 N–H and O–H groups in total. The van der Waals surface area contributed by atoms with Gasteiger partial charge >= 0.3 is 0 Å². The summed E-state index contributed by atoms with van der Waals surface area (Å²) >= 11 is 0. The van der Waals surface area contributed by atoms with Crippen LogP contribution in [0.5, 0.6) is 0 Å². The van der Waals surface area contributed by atoms with Crippen molar-refractivity contribution in [3.05, 3.63) is 78.4 Å². The van der Waals surface area contributed by atoms with Crippen LogP contribution in [0.15, 0.2) is 93.3 Å². The van der Waals surface area contributed by atoms with Crippen LogP contribution in [0, 0.1) is 0 Å². The van der Waals surface area contributed by atoms with Crippen molar-refractivity contribution in [1.29, 1.82) is 0 Å². The van der Waals surface area contributed by atoms with E-state index < -0.39 is 6.61 Å². The Kier molecular flexibility index (Phi) is 8.89. The second kappa shape index (κ2) is 12.3. The van der Waals surface area contributed by atoms with Crippen molar-refractivity contribution in [3.8, 4) is 0 Å². The number of aliphatic hydroxyl groups is 3. The van der Waals surface area contributed by atoms with Gasteiger partial charge in [0.15, 0.2) is 5.78 Å². The van der Waals surface area contributed by atoms with Crippen molar-refractivity contribution >= 4 is 34.2 Å². The van der Waals surface area contributed by atoms with Crippen LogP contribution >= 0.6 is 0 Å². The maximum Gasteiger partial charge on any atom is 0.188 e. The van der Waals surface area contributed by atoms with Gasteiger partial charge in [-0.1, -0.05) is 0 Å². The third-order valence-electron chi connectivity index (χ3n) is 4.70. The molecule has 0 aliphatic rings. The molecule has 0 fully saturated rings. The molecule has 0 aliphatic heterocycles. The van der Waals surface area contributed by atoms with E-state index in [4.69, 9.17) is 15.3 Å². The molecular weight excluding hydrogens is 422 g/mol. The zero-order chi connectivity index (χ0) is 23.5. The highest BCUT2D eigenvalue weighted by molar-refractivity contribution is 5.97. The molecule has 0 atom stereocenters. The first-order chi connectivity index (χ1) is 16.1. The van der Waals surface area contributed by atoms with E-state index in [-0.39, 0.29) is 19.0 Å². The number of anilines is 1. The van der Waals surface area contributed by atoms with E-state index in [9.17, 15) is 4.79 Å². The maximum absolute atomic E-state index is 11.4. The number of carbonyl (C=O) groups excluding carboxylic acids is 1. The molecular formula is C24H25N5O4. The van der Waals surface area contributed by atoms with Crippen LogP contribution in [0.1, 0.15) is 10.4 Å². The van der Waals surface area contributed by atoms with Gasteiger partial charge in [0.25, 0.3) is 0 Å². The molecule has 0 unspecified atom stereocenters. The number of azo groups is 2. The van der Waals surface area contributed by atoms with Crippen LogP contribution in [0.25, 0.3) is 0 Å². The van der Waals surface area contributed by atoms with Gasteiger partial charge in [0.2, 0.25) is 0 Å². The van der Waals surface area contributed by atoms with Gasteiger partial charge in [-0.05, 0) is 72.8 Å². The van der Waals surface area contributed by atoms with Crippen molar-refractivity contribution < 1.29 is 20.1 Å². The maximum atomic E-state index is 11.4. The summed E-state index contributed by atoms with van der Waals surface area (Å²) < 4.78 is 0. The summed E-state index contributed by atoms with van der Waals surface area (Å²) in [5, 5.41) is 43.9. The number of nitrogens with zero attached hydrogens (tertiary/aromatic N) is 5. The van der Waals surface area contributed by atoms with Crippen LogP contribution in [-0.2, 0) is 0 Å². The average molecular weight is 447 g/mol. The van der Waals surface area contributed by atoms with Gasteiger partial charge < -0.3 is 20.2 Å². The lowest BCUT2D eigenvalue weighted by Gasteiger charge is -2.22. The normalized spacial score (nSPS) is 11.4. The Balaban J connectivity index is 1.59. The summed E-state index contributed by atoms with van der Waals surface area (Å²) in [5.74, 6) is -0.343. The second-order valence-corrected chi connectivity index (χ2v) is 7.00. The first-order valence-electron chi connectivity index (χ1n) is 10.4. The average Bonchev–Trinajstić information content (AvgIpc) is 2.87. The molecule has 0 aliphatic carbocycles. The van der Waals surface area contributed by atoms with E-state index in [1.165, 1.54) is 0 Å². The summed E-state index contributed by atoms with van der Waals surface area (Å²) in [6.07, 6.45) is 0. The van der Waals surface area contributed by atoms with Gasteiger partial charge in [0, 0.05) is 24.3 Å². The minimum atomic E-state index is -0.524. The van der Waals surface area contributed by atoms with Gasteiger partial charge in [-0.25, -0.2) is 0 Å². The Bertz CT molecular complexity index is 1080. The number of aliphatic hydroxyl groups excluding tert-OH is 3. The van der Waals surface area contributed by atoms with Gasteiger partial charge in [-0.2, -0.15) is 20.5 Å². The zero-order valence-corrected chi connectivity index (χ0v) is 17.9.